The van der Waals surface area contributed by atoms with Crippen molar-refractivity contribution in [2.45, 2.75) is 0 Å². The second kappa shape index (κ2) is 5.69. The fourth-order valence-corrected chi connectivity index (χ4v) is 3.01. The molecular formula is C10H8I2O2. The smallest absolute Gasteiger partial charge is 0.153 e. The third-order valence-electron chi connectivity index (χ3n) is 1.51. The summed E-state index contributed by atoms with van der Waals surface area (Å²) in [5.41, 5.74) is 0.586. The highest BCUT2D eigenvalue weighted by atomic mass is 127. The molecule has 0 unspecified atom stereocenters. The number of benzene rings is 1. The van der Waals surface area contributed by atoms with Crippen molar-refractivity contribution in [2.75, 3.05) is 6.61 Å². The molecular weight excluding hydrogens is 406 g/mol. The number of halogens is 2. The highest BCUT2D eigenvalue weighted by Crippen LogP contribution is 2.27. The first-order valence-electron chi connectivity index (χ1n) is 3.87. The van der Waals surface area contributed by atoms with Crippen LogP contribution in [0.3, 0.4) is 0 Å². The summed E-state index contributed by atoms with van der Waals surface area (Å²) in [6.45, 7) is 3.98. The Kier molecular flexibility index (Phi) is 4.86. The third kappa shape index (κ3) is 2.94. The second-order valence-electron chi connectivity index (χ2n) is 2.52. The minimum Gasteiger partial charge on any atom is -0.488 e. The van der Waals surface area contributed by atoms with Crippen LogP contribution in [-0.2, 0) is 0 Å². The Morgan fingerprint density at radius 1 is 1.43 bits per heavy atom. The zero-order valence-corrected chi connectivity index (χ0v) is 11.6. The first-order chi connectivity index (χ1) is 6.69. The van der Waals surface area contributed by atoms with E-state index in [2.05, 4.69) is 51.8 Å². The molecule has 0 spiro atoms. The summed E-state index contributed by atoms with van der Waals surface area (Å²) < 4.78 is 7.37. The number of aldehydes is 1. The summed E-state index contributed by atoms with van der Waals surface area (Å²) in [5, 5.41) is 0. The fourth-order valence-electron chi connectivity index (χ4n) is 0.962. The van der Waals surface area contributed by atoms with Gasteiger partial charge in [-0.3, -0.25) is 4.79 Å². The molecule has 14 heavy (non-hydrogen) atoms. The minimum absolute atomic E-state index is 0.414. The first kappa shape index (κ1) is 12.0. The molecule has 0 fully saturated rings. The molecule has 0 bridgehead atoms. The van der Waals surface area contributed by atoms with Crippen molar-refractivity contribution < 1.29 is 9.53 Å². The lowest BCUT2D eigenvalue weighted by Gasteiger charge is -2.08. The Balaban J connectivity index is 3.11. The van der Waals surface area contributed by atoms with Gasteiger partial charge >= 0.3 is 0 Å². The SMILES string of the molecule is C=CCOc1c(I)cc(I)cc1C=O. The molecule has 1 rings (SSSR count). The van der Waals surface area contributed by atoms with Crippen molar-refractivity contribution in [3.63, 3.8) is 0 Å². The van der Waals surface area contributed by atoms with E-state index >= 15 is 0 Å². The zero-order chi connectivity index (χ0) is 10.6. The summed E-state index contributed by atoms with van der Waals surface area (Å²) in [6, 6.07) is 3.76. The van der Waals surface area contributed by atoms with Crippen LogP contribution in [0.4, 0.5) is 0 Å². The van der Waals surface area contributed by atoms with E-state index in [0.29, 0.717) is 17.9 Å². The largest absolute Gasteiger partial charge is 0.488 e. The number of hydrogen-bond acceptors (Lipinski definition) is 2. The lowest BCUT2D eigenvalue weighted by atomic mass is 10.2. The van der Waals surface area contributed by atoms with Crippen LogP contribution >= 0.6 is 45.2 Å². The molecule has 0 aliphatic heterocycles. The van der Waals surface area contributed by atoms with Crippen LogP contribution in [0.15, 0.2) is 24.8 Å². The van der Waals surface area contributed by atoms with Crippen LogP contribution in [0, 0.1) is 7.14 Å². The van der Waals surface area contributed by atoms with E-state index in [0.717, 1.165) is 13.4 Å². The van der Waals surface area contributed by atoms with E-state index in [1.165, 1.54) is 0 Å². The normalized spacial score (nSPS) is 9.57. The van der Waals surface area contributed by atoms with Crippen molar-refractivity contribution in [3.05, 3.63) is 37.5 Å². The average molecular weight is 414 g/mol. The van der Waals surface area contributed by atoms with Crippen LogP contribution in [0.2, 0.25) is 0 Å². The highest BCUT2D eigenvalue weighted by Gasteiger charge is 2.08. The summed E-state index contributed by atoms with van der Waals surface area (Å²) in [6.07, 6.45) is 2.46. The Labute approximate surface area is 110 Å². The molecule has 2 nitrogen and oxygen atoms in total. The van der Waals surface area contributed by atoms with E-state index in [4.69, 9.17) is 4.74 Å². The van der Waals surface area contributed by atoms with Gasteiger partial charge in [-0.25, -0.2) is 0 Å². The molecule has 1 aromatic carbocycles. The Morgan fingerprint density at radius 2 is 2.14 bits per heavy atom. The maximum Gasteiger partial charge on any atom is 0.153 e. The number of ether oxygens (including phenoxy) is 1. The molecule has 0 amide bonds. The molecule has 0 aromatic heterocycles. The van der Waals surface area contributed by atoms with Gasteiger partial charge in [0.25, 0.3) is 0 Å². The van der Waals surface area contributed by atoms with E-state index < -0.39 is 0 Å². The maximum absolute atomic E-state index is 10.8. The number of carbonyl (C=O) groups is 1. The molecule has 0 saturated carbocycles. The van der Waals surface area contributed by atoms with Crippen molar-refractivity contribution >= 4 is 51.5 Å². The predicted octanol–water partition coefficient (Wildman–Crippen LogP) is 3.27. The lowest BCUT2D eigenvalue weighted by molar-refractivity contribution is 0.112. The average Bonchev–Trinajstić information content (AvgIpc) is 2.15. The van der Waals surface area contributed by atoms with Gasteiger partial charge in [-0.15, -0.1) is 0 Å². The van der Waals surface area contributed by atoms with Crippen LogP contribution in [0.5, 0.6) is 5.75 Å². The number of rotatable bonds is 4. The molecule has 0 N–H and O–H groups in total. The Bertz CT molecular complexity index is 361. The number of carbonyl (C=O) groups excluding carboxylic acids is 1. The van der Waals surface area contributed by atoms with Crippen LogP contribution in [0.25, 0.3) is 0 Å². The van der Waals surface area contributed by atoms with Gasteiger partial charge in [-0.2, -0.15) is 0 Å². The standard InChI is InChI=1S/C10H8I2O2/c1-2-3-14-10-7(6-13)4-8(11)5-9(10)12/h2,4-6H,1,3H2. The van der Waals surface area contributed by atoms with Gasteiger partial charge in [-0.05, 0) is 57.3 Å². The van der Waals surface area contributed by atoms with Crippen molar-refractivity contribution in [3.8, 4) is 5.75 Å². The van der Waals surface area contributed by atoms with E-state index in [9.17, 15) is 4.79 Å². The highest BCUT2D eigenvalue weighted by molar-refractivity contribution is 14.1. The monoisotopic (exact) mass is 414 g/mol. The zero-order valence-electron chi connectivity index (χ0n) is 7.30. The molecule has 4 heteroatoms. The topological polar surface area (TPSA) is 26.3 Å². The van der Waals surface area contributed by atoms with E-state index in [-0.39, 0.29) is 0 Å². The molecule has 0 saturated heterocycles. The molecule has 0 atom stereocenters. The quantitative estimate of drug-likeness (QED) is 0.430. The lowest BCUT2D eigenvalue weighted by Crippen LogP contribution is -1.99. The Hall–Kier alpha value is -0.110. The van der Waals surface area contributed by atoms with Crippen LogP contribution in [0.1, 0.15) is 10.4 Å². The molecule has 0 radical (unpaired) electrons. The van der Waals surface area contributed by atoms with E-state index in [1.54, 1.807) is 12.1 Å². The third-order valence-corrected chi connectivity index (χ3v) is 2.93. The van der Waals surface area contributed by atoms with Gasteiger partial charge in [0.15, 0.2) is 6.29 Å². The van der Waals surface area contributed by atoms with Gasteiger partial charge in [0.05, 0.1) is 9.13 Å². The Morgan fingerprint density at radius 3 is 2.71 bits per heavy atom. The van der Waals surface area contributed by atoms with Gasteiger partial charge in [0.2, 0.25) is 0 Å². The van der Waals surface area contributed by atoms with Gasteiger partial charge in [-0.1, -0.05) is 12.7 Å². The number of hydrogen-bond donors (Lipinski definition) is 0. The molecule has 74 valence electrons. The molecule has 0 aliphatic rings. The first-order valence-corrected chi connectivity index (χ1v) is 6.02. The van der Waals surface area contributed by atoms with Crippen LogP contribution in [-0.4, -0.2) is 12.9 Å². The van der Waals surface area contributed by atoms with Crippen LogP contribution < -0.4 is 4.74 Å². The van der Waals surface area contributed by atoms with Crippen molar-refractivity contribution in [2.24, 2.45) is 0 Å². The van der Waals surface area contributed by atoms with Gasteiger partial charge in [0.1, 0.15) is 12.4 Å². The predicted molar refractivity (Wildman–Crippen MR) is 73.0 cm³/mol. The minimum atomic E-state index is 0.414. The summed E-state index contributed by atoms with van der Waals surface area (Å²) in [5.74, 6) is 0.640. The summed E-state index contributed by atoms with van der Waals surface area (Å²) in [4.78, 5) is 10.8. The van der Waals surface area contributed by atoms with Gasteiger partial charge in [0, 0.05) is 3.57 Å². The maximum atomic E-state index is 10.8. The second-order valence-corrected chi connectivity index (χ2v) is 4.93. The summed E-state index contributed by atoms with van der Waals surface area (Å²) >= 11 is 4.32. The van der Waals surface area contributed by atoms with Crippen molar-refractivity contribution in [1.29, 1.82) is 0 Å². The summed E-state index contributed by atoms with van der Waals surface area (Å²) in [7, 11) is 0. The molecule has 1 aromatic rings. The van der Waals surface area contributed by atoms with Crippen molar-refractivity contribution in [1.82, 2.24) is 0 Å². The van der Waals surface area contributed by atoms with E-state index in [1.807, 2.05) is 6.07 Å². The molecule has 0 aliphatic carbocycles. The molecule has 0 heterocycles. The van der Waals surface area contributed by atoms with Gasteiger partial charge < -0.3 is 4.74 Å². The fraction of sp³-hybridized carbons (Fsp3) is 0.100.